The van der Waals surface area contributed by atoms with Crippen LogP contribution in [0.5, 0.6) is 5.75 Å². The average molecular weight is 416 g/mol. The van der Waals surface area contributed by atoms with Gasteiger partial charge >= 0.3 is 0 Å². The number of ether oxygens (including phenoxy) is 1. The molecule has 0 saturated carbocycles. The minimum absolute atomic E-state index is 0.0488. The van der Waals surface area contributed by atoms with Gasteiger partial charge in [0.15, 0.2) is 0 Å². The highest BCUT2D eigenvalue weighted by Gasteiger charge is 2.24. The highest BCUT2D eigenvalue weighted by Crippen LogP contribution is 2.16. The van der Waals surface area contributed by atoms with E-state index in [1.807, 2.05) is 11.4 Å². The molecule has 1 saturated heterocycles. The third-order valence-electron chi connectivity index (χ3n) is 4.83. The summed E-state index contributed by atoms with van der Waals surface area (Å²) in [6.45, 7) is 2.54. The molecule has 2 aromatic rings. The van der Waals surface area contributed by atoms with Crippen LogP contribution >= 0.6 is 11.3 Å². The summed E-state index contributed by atoms with van der Waals surface area (Å²) < 4.78 is 5.17. The van der Waals surface area contributed by atoms with Crippen molar-refractivity contribution < 1.29 is 19.1 Å². The molecular weight excluding hydrogens is 390 g/mol. The smallest absolute Gasteiger partial charge is 0.261 e. The van der Waals surface area contributed by atoms with Crippen molar-refractivity contribution in [3.05, 3.63) is 52.2 Å². The SMILES string of the molecule is COc1cccc(C(=O)N2CCN(C(=O)CCCNC(=O)c3cccs3)CC2)c1. The lowest BCUT2D eigenvalue weighted by Gasteiger charge is -2.35. The number of carbonyl (C=O) groups is 3. The second kappa shape index (κ2) is 10.1. The van der Waals surface area contributed by atoms with Crippen molar-refractivity contribution in [3.63, 3.8) is 0 Å². The largest absolute Gasteiger partial charge is 0.497 e. The standard InChI is InChI=1S/C21H25N3O4S/c1-28-17-6-2-5-16(15-17)21(27)24-12-10-23(11-13-24)19(25)8-3-9-22-20(26)18-7-4-14-29-18/h2,4-7,14-15H,3,8-13H2,1H3,(H,22,26). The van der Waals surface area contributed by atoms with Crippen molar-refractivity contribution in [1.29, 1.82) is 0 Å². The molecule has 1 N–H and O–H groups in total. The Morgan fingerprint density at radius 1 is 1.07 bits per heavy atom. The molecule has 3 rings (SSSR count). The van der Waals surface area contributed by atoms with Crippen molar-refractivity contribution in [2.45, 2.75) is 12.8 Å². The molecule has 3 amide bonds. The Kier molecular flexibility index (Phi) is 7.24. The van der Waals surface area contributed by atoms with Gasteiger partial charge in [0.2, 0.25) is 5.91 Å². The van der Waals surface area contributed by atoms with Crippen LogP contribution in [-0.4, -0.2) is 67.4 Å². The van der Waals surface area contributed by atoms with E-state index in [9.17, 15) is 14.4 Å². The Morgan fingerprint density at radius 2 is 1.83 bits per heavy atom. The third-order valence-corrected chi connectivity index (χ3v) is 5.70. The lowest BCUT2D eigenvalue weighted by Crippen LogP contribution is -2.50. The molecule has 2 heterocycles. The number of rotatable bonds is 7. The minimum Gasteiger partial charge on any atom is -0.497 e. The first kappa shape index (κ1) is 20.9. The number of carbonyl (C=O) groups excluding carboxylic acids is 3. The van der Waals surface area contributed by atoms with E-state index in [0.717, 1.165) is 0 Å². The van der Waals surface area contributed by atoms with Gasteiger partial charge in [0.05, 0.1) is 12.0 Å². The lowest BCUT2D eigenvalue weighted by atomic mass is 10.1. The quantitative estimate of drug-likeness (QED) is 0.704. The molecule has 8 heteroatoms. The summed E-state index contributed by atoms with van der Waals surface area (Å²) in [5.41, 5.74) is 0.589. The maximum atomic E-state index is 12.6. The summed E-state index contributed by atoms with van der Waals surface area (Å²) in [5.74, 6) is 0.559. The van der Waals surface area contributed by atoms with Gasteiger partial charge in [0.25, 0.3) is 11.8 Å². The van der Waals surface area contributed by atoms with Gasteiger partial charge in [-0.3, -0.25) is 14.4 Å². The molecule has 154 valence electrons. The Labute approximate surface area is 174 Å². The van der Waals surface area contributed by atoms with E-state index in [0.29, 0.717) is 61.8 Å². The van der Waals surface area contributed by atoms with Crippen LogP contribution in [0.25, 0.3) is 0 Å². The Morgan fingerprint density at radius 3 is 2.52 bits per heavy atom. The van der Waals surface area contributed by atoms with Crippen LogP contribution in [0.2, 0.25) is 0 Å². The van der Waals surface area contributed by atoms with Gasteiger partial charge < -0.3 is 19.9 Å². The average Bonchev–Trinajstić information content (AvgIpc) is 3.31. The number of hydrogen-bond donors (Lipinski definition) is 1. The maximum Gasteiger partial charge on any atom is 0.261 e. The van der Waals surface area contributed by atoms with Crippen molar-refractivity contribution in [2.24, 2.45) is 0 Å². The number of benzene rings is 1. The Balaban J connectivity index is 1.38. The molecule has 0 bridgehead atoms. The van der Waals surface area contributed by atoms with E-state index >= 15 is 0 Å². The van der Waals surface area contributed by atoms with Gasteiger partial charge in [-0.2, -0.15) is 0 Å². The van der Waals surface area contributed by atoms with Crippen LogP contribution in [0.3, 0.4) is 0 Å². The molecule has 1 aliphatic rings. The molecule has 0 radical (unpaired) electrons. The molecular formula is C21H25N3O4S. The molecule has 0 aliphatic carbocycles. The second-order valence-electron chi connectivity index (χ2n) is 6.74. The van der Waals surface area contributed by atoms with Crippen LogP contribution in [0.1, 0.15) is 32.9 Å². The van der Waals surface area contributed by atoms with Crippen molar-refractivity contribution >= 4 is 29.1 Å². The molecule has 1 fully saturated rings. The molecule has 0 spiro atoms. The minimum atomic E-state index is -0.0999. The zero-order chi connectivity index (χ0) is 20.6. The fourth-order valence-electron chi connectivity index (χ4n) is 3.19. The summed E-state index contributed by atoms with van der Waals surface area (Å²) in [7, 11) is 1.57. The van der Waals surface area contributed by atoms with Crippen LogP contribution in [0.15, 0.2) is 41.8 Å². The van der Waals surface area contributed by atoms with Crippen LogP contribution < -0.4 is 10.1 Å². The molecule has 7 nitrogen and oxygen atoms in total. The predicted octanol–water partition coefficient (Wildman–Crippen LogP) is 2.25. The fraction of sp³-hybridized carbons (Fsp3) is 0.381. The second-order valence-corrected chi connectivity index (χ2v) is 7.69. The fourth-order valence-corrected chi connectivity index (χ4v) is 3.83. The Hall–Kier alpha value is -2.87. The molecule has 0 atom stereocenters. The van der Waals surface area contributed by atoms with Gasteiger partial charge in [-0.05, 0) is 36.1 Å². The van der Waals surface area contributed by atoms with Gasteiger partial charge in [0.1, 0.15) is 5.75 Å². The van der Waals surface area contributed by atoms with Crippen molar-refractivity contribution in [2.75, 3.05) is 39.8 Å². The third kappa shape index (κ3) is 5.57. The van der Waals surface area contributed by atoms with Crippen LogP contribution in [0.4, 0.5) is 0 Å². The highest BCUT2D eigenvalue weighted by molar-refractivity contribution is 7.12. The number of amides is 3. The van der Waals surface area contributed by atoms with Crippen molar-refractivity contribution in [1.82, 2.24) is 15.1 Å². The van der Waals surface area contributed by atoms with E-state index < -0.39 is 0 Å². The van der Waals surface area contributed by atoms with Gasteiger partial charge in [-0.25, -0.2) is 0 Å². The monoisotopic (exact) mass is 415 g/mol. The number of nitrogens with zero attached hydrogens (tertiary/aromatic N) is 2. The summed E-state index contributed by atoms with van der Waals surface area (Å²) in [6.07, 6.45) is 0.980. The normalized spacial score (nSPS) is 13.8. The van der Waals surface area contributed by atoms with Gasteiger partial charge in [0, 0.05) is 44.7 Å². The topological polar surface area (TPSA) is 79.0 Å². The van der Waals surface area contributed by atoms with E-state index in [-0.39, 0.29) is 17.7 Å². The number of piperazine rings is 1. The van der Waals surface area contributed by atoms with Crippen LogP contribution in [0, 0.1) is 0 Å². The summed E-state index contributed by atoms with van der Waals surface area (Å²) in [5, 5.41) is 4.69. The first-order valence-corrected chi connectivity index (χ1v) is 10.5. The Bertz CT molecular complexity index is 845. The lowest BCUT2D eigenvalue weighted by molar-refractivity contribution is -0.132. The molecule has 0 unspecified atom stereocenters. The molecule has 1 aliphatic heterocycles. The van der Waals surface area contributed by atoms with Gasteiger partial charge in [-0.1, -0.05) is 12.1 Å². The predicted molar refractivity (Wildman–Crippen MR) is 111 cm³/mol. The zero-order valence-electron chi connectivity index (χ0n) is 16.4. The number of nitrogens with one attached hydrogen (secondary N) is 1. The summed E-state index contributed by atoms with van der Waals surface area (Å²) in [4.78, 5) is 41.1. The molecule has 1 aromatic heterocycles. The maximum absolute atomic E-state index is 12.6. The highest BCUT2D eigenvalue weighted by atomic mass is 32.1. The number of methoxy groups -OCH3 is 1. The molecule has 29 heavy (non-hydrogen) atoms. The van der Waals surface area contributed by atoms with Gasteiger partial charge in [-0.15, -0.1) is 11.3 Å². The first-order valence-electron chi connectivity index (χ1n) is 9.61. The number of hydrogen-bond acceptors (Lipinski definition) is 5. The number of thiophene rings is 1. The summed E-state index contributed by atoms with van der Waals surface area (Å²) >= 11 is 1.39. The van der Waals surface area contributed by atoms with E-state index in [2.05, 4.69) is 5.32 Å². The van der Waals surface area contributed by atoms with E-state index in [1.165, 1.54) is 11.3 Å². The van der Waals surface area contributed by atoms with Crippen LogP contribution in [-0.2, 0) is 4.79 Å². The van der Waals surface area contributed by atoms with Crippen molar-refractivity contribution in [3.8, 4) is 5.75 Å². The first-order chi connectivity index (χ1) is 14.1. The summed E-state index contributed by atoms with van der Waals surface area (Å²) in [6, 6.07) is 10.7. The van der Waals surface area contributed by atoms with E-state index in [1.54, 1.807) is 47.2 Å². The molecule has 1 aromatic carbocycles. The van der Waals surface area contributed by atoms with E-state index in [4.69, 9.17) is 4.74 Å². The zero-order valence-corrected chi connectivity index (χ0v) is 17.2.